The van der Waals surface area contributed by atoms with Crippen molar-refractivity contribution >= 4 is 6.03 Å². The molecule has 0 aromatic rings. The van der Waals surface area contributed by atoms with Crippen LogP contribution in [0.3, 0.4) is 0 Å². The highest BCUT2D eigenvalue weighted by Crippen LogP contribution is 2.39. The Hall–Kier alpha value is -0.770. The highest BCUT2D eigenvalue weighted by Gasteiger charge is 2.33. The SMILES string of the molecule is CC1CCN(C(=O)NCC(C)(C)C2CCCC2)CC1O. The number of β-amino-alcohol motifs (C(OH)–C–C–N with tert-alkyl or cyclic N) is 1. The summed E-state index contributed by atoms with van der Waals surface area (Å²) in [5.74, 6) is 1.03. The van der Waals surface area contributed by atoms with Gasteiger partial charge in [-0.2, -0.15) is 0 Å². The van der Waals surface area contributed by atoms with Gasteiger partial charge in [0.25, 0.3) is 0 Å². The number of urea groups is 1. The molecular formula is C16H30N2O2. The van der Waals surface area contributed by atoms with Gasteiger partial charge >= 0.3 is 6.03 Å². The van der Waals surface area contributed by atoms with Gasteiger partial charge in [0.15, 0.2) is 0 Å². The molecule has 1 saturated carbocycles. The second-order valence-corrected chi connectivity index (χ2v) is 7.41. The average Bonchev–Trinajstić information content (AvgIpc) is 2.94. The zero-order valence-electron chi connectivity index (χ0n) is 13.2. The van der Waals surface area contributed by atoms with E-state index in [9.17, 15) is 9.90 Å². The number of aliphatic hydroxyl groups excluding tert-OH is 1. The monoisotopic (exact) mass is 282 g/mol. The van der Waals surface area contributed by atoms with Crippen LogP contribution in [0.4, 0.5) is 4.79 Å². The predicted molar refractivity (Wildman–Crippen MR) is 80.5 cm³/mol. The van der Waals surface area contributed by atoms with Gasteiger partial charge in [-0.25, -0.2) is 4.79 Å². The smallest absolute Gasteiger partial charge is 0.317 e. The van der Waals surface area contributed by atoms with E-state index in [0.29, 0.717) is 12.5 Å². The normalized spacial score (nSPS) is 28.7. The maximum absolute atomic E-state index is 12.2. The first-order valence-electron chi connectivity index (χ1n) is 8.11. The Morgan fingerprint density at radius 3 is 2.55 bits per heavy atom. The van der Waals surface area contributed by atoms with E-state index in [1.54, 1.807) is 4.90 Å². The fourth-order valence-electron chi connectivity index (χ4n) is 3.50. The molecule has 0 radical (unpaired) electrons. The van der Waals surface area contributed by atoms with Crippen molar-refractivity contribution in [1.82, 2.24) is 10.2 Å². The lowest BCUT2D eigenvalue weighted by Crippen LogP contribution is -2.51. The third-order valence-electron chi connectivity index (χ3n) is 5.36. The summed E-state index contributed by atoms with van der Waals surface area (Å²) in [6.45, 7) is 8.53. The topological polar surface area (TPSA) is 52.6 Å². The molecule has 20 heavy (non-hydrogen) atoms. The molecule has 4 nitrogen and oxygen atoms in total. The molecule has 2 aliphatic rings. The Balaban J connectivity index is 1.79. The second kappa shape index (κ2) is 6.33. The lowest BCUT2D eigenvalue weighted by molar-refractivity contribution is 0.0427. The van der Waals surface area contributed by atoms with Gasteiger partial charge in [-0.1, -0.05) is 33.6 Å². The number of amides is 2. The zero-order valence-corrected chi connectivity index (χ0v) is 13.2. The number of hydrogen-bond donors (Lipinski definition) is 2. The summed E-state index contributed by atoms with van der Waals surface area (Å²) in [7, 11) is 0. The van der Waals surface area contributed by atoms with E-state index in [-0.39, 0.29) is 17.6 Å². The van der Waals surface area contributed by atoms with Crippen molar-refractivity contribution < 1.29 is 9.90 Å². The predicted octanol–water partition coefficient (Wildman–Crippen LogP) is 2.62. The van der Waals surface area contributed by atoms with Crippen LogP contribution in [0, 0.1) is 17.3 Å². The van der Waals surface area contributed by atoms with Gasteiger partial charge in [-0.05, 0) is 36.5 Å². The molecule has 1 aliphatic carbocycles. The molecule has 1 heterocycles. The standard InChI is InChI=1S/C16H30N2O2/c1-12-8-9-18(10-14(12)19)15(20)17-11-16(2,3)13-6-4-5-7-13/h12-14,19H,4-11H2,1-3H3,(H,17,20). The van der Waals surface area contributed by atoms with Crippen molar-refractivity contribution in [2.45, 2.75) is 59.0 Å². The molecule has 0 aromatic heterocycles. The van der Waals surface area contributed by atoms with E-state index in [1.165, 1.54) is 25.7 Å². The summed E-state index contributed by atoms with van der Waals surface area (Å²) in [5, 5.41) is 13.0. The molecule has 1 saturated heterocycles. The van der Waals surface area contributed by atoms with Crippen molar-refractivity contribution in [3.05, 3.63) is 0 Å². The van der Waals surface area contributed by atoms with Crippen molar-refractivity contribution in [2.75, 3.05) is 19.6 Å². The van der Waals surface area contributed by atoms with Gasteiger partial charge in [0.2, 0.25) is 0 Å². The van der Waals surface area contributed by atoms with E-state index in [1.807, 2.05) is 6.92 Å². The van der Waals surface area contributed by atoms with Crippen LogP contribution in [0.15, 0.2) is 0 Å². The Labute approximate surface area is 122 Å². The van der Waals surface area contributed by atoms with Gasteiger partial charge in [-0.3, -0.25) is 0 Å². The molecule has 0 aromatic carbocycles. The number of nitrogens with one attached hydrogen (secondary N) is 1. The molecule has 2 amide bonds. The molecule has 2 unspecified atom stereocenters. The van der Waals surface area contributed by atoms with Gasteiger partial charge in [0, 0.05) is 19.6 Å². The highest BCUT2D eigenvalue weighted by molar-refractivity contribution is 5.74. The van der Waals surface area contributed by atoms with Crippen LogP contribution in [0.5, 0.6) is 0 Å². The molecular weight excluding hydrogens is 252 g/mol. The molecule has 2 atom stereocenters. The van der Waals surface area contributed by atoms with Crippen molar-refractivity contribution in [3.8, 4) is 0 Å². The summed E-state index contributed by atoms with van der Waals surface area (Å²) in [5.41, 5.74) is 0.174. The summed E-state index contributed by atoms with van der Waals surface area (Å²) >= 11 is 0. The number of likely N-dealkylation sites (tertiary alicyclic amines) is 1. The Kier molecular flexibility index (Phi) is 4.95. The van der Waals surface area contributed by atoms with Crippen molar-refractivity contribution in [2.24, 2.45) is 17.3 Å². The van der Waals surface area contributed by atoms with Crippen molar-refractivity contribution in [1.29, 1.82) is 0 Å². The molecule has 1 aliphatic heterocycles. The molecule has 4 heteroatoms. The van der Waals surface area contributed by atoms with E-state index < -0.39 is 0 Å². The third-order valence-corrected chi connectivity index (χ3v) is 5.36. The lowest BCUT2D eigenvalue weighted by Gasteiger charge is -2.36. The first-order chi connectivity index (χ1) is 9.40. The first kappa shape index (κ1) is 15.6. The van der Waals surface area contributed by atoms with Crippen LogP contribution in [0.25, 0.3) is 0 Å². The summed E-state index contributed by atoms with van der Waals surface area (Å²) in [6, 6.07) is -0.0120. The minimum Gasteiger partial charge on any atom is -0.391 e. The fraction of sp³-hybridized carbons (Fsp3) is 0.938. The number of carbonyl (C=O) groups excluding carboxylic acids is 1. The van der Waals surface area contributed by atoms with E-state index in [2.05, 4.69) is 19.2 Å². The number of rotatable bonds is 3. The Morgan fingerprint density at radius 2 is 1.95 bits per heavy atom. The van der Waals surface area contributed by atoms with Gasteiger partial charge in [0.1, 0.15) is 0 Å². The van der Waals surface area contributed by atoms with Crippen molar-refractivity contribution in [3.63, 3.8) is 0 Å². The molecule has 2 fully saturated rings. The van der Waals surface area contributed by atoms with Crippen LogP contribution >= 0.6 is 0 Å². The minimum atomic E-state index is -0.377. The third kappa shape index (κ3) is 3.66. The number of hydrogen-bond acceptors (Lipinski definition) is 2. The van der Waals surface area contributed by atoms with E-state index in [4.69, 9.17) is 0 Å². The van der Waals surface area contributed by atoms with Crippen LogP contribution in [-0.4, -0.2) is 41.8 Å². The van der Waals surface area contributed by atoms with Crippen LogP contribution in [0.1, 0.15) is 52.9 Å². The van der Waals surface area contributed by atoms with Gasteiger partial charge in [-0.15, -0.1) is 0 Å². The van der Waals surface area contributed by atoms with Gasteiger partial charge in [0.05, 0.1) is 6.10 Å². The van der Waals surface area contributed by atoms with E-state index >= 15 is 0 Å². The first-order valence-corrected chi connectivity index (χ1v) is 8.11. The van der Waals surface area contributed by atoms with E-state index in [0.717, 1.165) is 25.4 Å². The fourth-order valence-corrected chi connectivity index (χ4v) is 3.50. The lowest BCUT2D eigenvalue weighted by atomic mass is 9.78. The quantitative estimate of drug-likeness (QED) is 0.836. The highest BCUT2D eigenvalue weighted by atomic mass is 16.3. The number of nitrogens with zero attached hydrogens (tertiary/aromatic N) is 1. The minimum absolute atomic E-state index is 0.0120. The molecule has 116 valence electrons. The number of aliphatic hydroxyl groups is 1. The average molecular weight is 282 g/mol. The zero-order chi connectivity index (χ0) is 14.8. The Morgan fingerprint density at radius 1 is 1.30 bits per heavy atom. The number of carbonyl (C=O) groups is 1. The largest absolute Gasteiger partial charge is 0.391 e. The summed E-state index contributed by atoms with van der Waals surface area (Å²) in [6.07, 6.45) is 5.76. The molecule has 0 bridgehead atoms. The van der Waals surface area contributed by atoms with Crippen LogP contribution < -0.4 is 5.32 Å². The molecule has 0 spiro atoms. The van der Waals surface area contributed by atoms with Gasteiger partial charge < -0.3 is 15.3 Å². The number of piperidine rings is 1. The Bertz CT molecular complexity index is 337. The maximum Gasteiger partial charge on any atom is 0.317 e. The van der Waals surface area contributed by atoms with Crippen LogP contribution in [-0.2, 0) is 0 Å². The molecule has 2 N–H and O–H groups in total. The molecule has 2 rings (SSSR count). The summed E-state index contributed by atoms with van der Waals surface area (Å²) < 4.78 is 0. The van der Waals surface area contributed by atoms with Crippen LogP contribution in [0.2, 0.25) is 0 Å². The maximum atomic E-state index is 12.2. The summed E-state index contributed by atoms with van der Waals surface area (Å²) in [4.78, 5) is 14.0. The second-order valence-electron chi connectivity index (χ2n) is 7.41.